The number of rotatable bonds is 0. The molecule has 0 unspecified atom stereocenters. The van der Waals surface area contributed by atoms with Crippen LogP contribution in [-0.4, -0.2) is 4.40 Å². The lowest BCUT2D eigenvalue weighted by Crippen LogP contribution is -2.11. The molecule has 0 aliphatic rings. The molecule has 12 heavy (non-hydrogen) atoms. The van der Waals surface area contributed by atoms with Crippen LogP contribution >= 0.6 is 27.3 Å². The molecule has 0 aromatic carbocycles. The molecular formula is C7H5BrN2OS. The zero-order chi connectivity index (χ0) is 8.72. The lowest BCUT2D eigenvalue weighted by molar-refractivity contribution is 1.14. The molecular weight excluding hydrogens is 240 g/mol. The number of nitrogens with zero attached hydrogens (tertiary/aromatic N) is 1. The predicted molar refractivity (Wildman–Crippen MR) is 53.7 cm³/mol. The molecule has 2 heterocycles. The molecule has 0 fully saturated rings. The number of nitrogen functional groups attached to an aromatic ring is 1. The third-order valence-electron chi connectivity index (χ3n) is 1.55. The number of aromatic nitrogens is 1. The predicted octanol–water partition coefficient (Wildman–Crippen LogP) is 1.71. The van der Waals surface area contributed by atoms with E-state index in [1.807, 2.05) is 6.07 Å². The van der Waals surface area contributed by atoms with Gasteiger partial charge in [-0.3, -0.25) is 9.20 Å². The minimum Gasteiger partial charge on any atom is -0.383 e. The molecule has 5 heteroatoms. The first-order valence-corrected chi connectivity index (χ1v) is 4.86. The van der Waals surface area contributed by atoms with E-state index in [0.29, 0.717) is 5.82 Å². The van der Waals surface area contributed by atoms with E-state index >= 15 is 0 Å². The van der Waals surface area contributed by atoms with Gasteiger partial charge in [-0.25, -0.2) is 0 Å². The van der Waals surface area contributed by atoms with Gasteiger partial charge in [0.15, 0.2) is 0 Å². The Balaban J connectivity index is 3.07. The number of nitrogens with two attached hydrogens (primary N) is 1. The molecule has 0 amide bonds. The summed E-state index contributed by atoms with van der Waals surface area (Å²) >= 11 is 4.72. The normalized spacial score (nSPS) is 10.8. The van der Waals surface area contributed by atoms with E-state index in [-0.39, 0.29) is 5.56 Å². The third-order valence-corrected chi connectivity index (χ3v) is 3.36. The van der Waals surface area contributed by atoms with E-state index < -0.39 is 0 Å². The maximum atomic E-state index is 11.3. The second-order valence-corrected chi connectivity index (χ2v) is 4.65. The Labute approximate surface area is 80.6 Å². The van der Waals surface area contributed by atoms with E-state index in [1.165, 1.54) is 21.8 Å². The Morgan fingerprint density at radius 2 is 2.25 bits per heavy atom. The molecule has 2 rings (SSSR count). The van der Waals surface area contributed by atoms with Gasteiger partial charge < -0.3 is 5.73 Å². The molecule has 0 aliphatic heterocycles. The van der Waals surface area contributed by atoms with Crippen LogP contribution in [-0.2, 0) is 0 Å². The van der Waals surface area contributed by atoms with Crippen molar-refractivity contribution >= 4 is 37.9 Å². The van der Waals surface area contributed by atoms with Gasteiger partial charge in [-0.2, -0.15) is 0 Å². The summed E-state index contributed by atoms with van der Waals surface area (Å²) in [6.07, 6.45) is 0. The highest BCUT2D eigenvalue weighted by Gasteiger charge is 2.06. The number of pyridine rings is 1. The maximum absolute atomic E-state index is 11.3. The topological polar surface area (TPSA) is 47.5 Å². The fraction of sp³-hybridized carbons (Fsp3) is 0. The first kappa shape index (κ1) is 7.82. The zero-order valence-corrected chi connectivity index (χ0v) is 8.35. The molecule has 2 aromatic heterocycles. The fourth-order valence-corrected chi connectivity index (χ4v) is 2.50. The van der Waals surface area contributed by atoms with Crippen LogP contribution in [0.2, 0.25) is 0 Å². The average Bonchev–Trinajstić information content (AvgIpc) is 2.29. The van der Waals surface area contributed by atoms with Crippen LogP contribution < -0.4 is 11.3 Å². The summed E-state index contributed by atoms with van der Waals surface area (Å²) in [5.41, 5.74) is 5.57. The van der Waals surface area contributed by atoms with Crippen LogP contribution in [0.3, 0.4) is 0 Å². The first-order chi connectivity index (χ1) is 5.70. The summed E-state index contributed by atoms with van der Waals surface area (Å²) < 4.78 is 2.28. The number of hydrogen-bond donors (Lipinski definition) is 1. The lowest BCUT2D eigenvalue weighted by atomic mass is 10.5. The Kier molecular flexibility index (Phi) is 1.69. The van der Waals surface area contributed by atoms with Crippen LogP contribution in [0.1, 0.15) is 0 Å². The fourth-order valence-electron chi connectivity index (χ4n) is 1.02. The van der Waals surface area contributed by atoms with E-state index in [0.717, 1.165) is 8.62 Å². The SMILES string of the molecule is Nc1c(Br)sc2cccc(=O)n12. The summed E-state index contributed by atoms with van der Waals surface area (Å²) in [6, 6.07) is 5.07. The quantitative estimate of drug-likeness (QED) is 0.767. The van der Waals surface area contributed by atoms with Gasteiger partial charge in [0.2, 0.25) is 0 Å². The second kappa shape index (κ2) is 2.60. The Hall–Kier alpha value is -0.810. The first-order valence-electron chi connectivity index (χ1n) is 3.25. The van der Waals surface area contributed by atoms with E-state index in [4.69, 9.17) is 5.73 Å². The summed E-state index contributed by atoms with van der Waals surface area (Å²) in [5, 5.41) is 0. The molecule has 0 spiro atoms. The van der Waals surface area contributed by atoms with Gasteiger partial charge in [0, 0.05) is 6.07 Å². The monoisotopic (exact) mass is 244 g/mol. The van der Waals surface area contributed by atoms with Crippen molar-refractivity contribution in [3.8, 4) is 0 Å². The van der Waals surface area contributed by atoms with Gasteiger partial charge in [-0.15, -0.1) is 11.3 Å². The minimum atomic E-state index is -0.0908. The summed E-state index contributed by atoms with van der Waals surface area (Å²) in [4.78, 5) is 12.1. The van der Waals surface area contributed by atoms with Gasteiger partial charge in [0.05, 0.1) is 0 Å². The van der Waals surface area contributed by atoms with Crippen LogP contribution in [0, 0.1) is 0 Å². The van der Waals surface area contributed by atoms with Crippen molar-refractivity contribution in [1.29, 1.82) is 0 Å². The number of anilines is 1. The highest BCUT2D eigenvalue weighted by Crippen LogP contribution is 2.28. The molecule has 3 nitrogen and oxygen atoms in total. The van der Waals surface area contributed by atoms with E-state index in [2.05, 4.69) is 15.9 Å². The number of thiazole rings is 1. The van der Waals surface area contributed by atoms with Crippen LogP contribution in [0.15, 0.2) is 26.8 Å². The zero-order valence-electron chi connectivity index (χ0n) is 5.95. The molecule has 2 N–H and O–H groups in total. The van der Waals surface area contributed by atoms with Gasteiger partial charge in [-0.1, -0.05) is 6.07 Å². The molecule has 0 saturated heterocycles. The molecule has 62 valence electrons. The van der Waals surface area contributed by atoms with Gasteiger partial charge in [0.25, 0.3) is 5.56 Å². The Bertz CT molecular complexity index is 488. The number of fused-ring (bicyclic) bond motifs is 1. The summed E-state index contributed by atoms with van der Waals surface area (Å²) in [6.45, 7) is 0. The second-order valence-electron chi connectivity index (χ2n) is 2.30. The molecule has 0 saturated carbocycles. The van der Waals surface area contributed by atoms with E-state index in [9.17, 15) is 4.79 Å². The van der Waals surface area contributed by atoms with Crippen molar-refractivity contribution in [2.45, 2.75) is 0 Å². The molecule has 0 aliphatic carbocycles. The number of halogens is 1. The summed E-state index contributed by atoms with van der Waals surface area (Å²) in [7, 11) is 0. The van der Waals surface area contributed by atoms with Gasteiger partial charge in [0.1, 0.15) is 14.4 Å². The van der Waals surface area contributed by atoms with Gasteiger partial charge >= 0.3 is 0 Å². The van der Waals surface area contributed by atoms with Crippen molar-refractivity contribution in [3.05, 3.63) is 32.3 Å². The minimum absolute atomic E-state index is 0.0908. The number of hydrogen-bond acceptors (Lipinski definition) is 3. The average molecular weight is 245 g/mol. The Morgan fingerprint density at radius 3 is 2.92 bits per heavy atom. The highest BCUT2D eigenvalue weighted by molar-refractivity contribution is 9.11. The smallest absolute Gasteiger partial charge is 0.257 e. The van der Waals surface area contributed by atoms with Crippen molar-refractivity contribution in [2.24, 2.45) is 0 Å². The largest absolute Gasteiger partial charge is 0.383 e. The lowest BCUT2D eigenvalue weighted by Gasteiger charge is -1.92. The standard InChI is InChI=1S/C7H5BrN2OS/c8-6-7(9)10-4(11)2-1-3-5(10)12-6/h1-3H,9H2. The van der Waals surface area contributed by atoms with Crippen LogP contribution in [0.4, 0.5) is 5.82 Å². The van der Waals surface area contributed by atoms with Gasteiger partial charge in [-0.05, 0) is 22.0 Å². The van der Waals surface area contributed by atoms with Crippen LogP contribution in [0.25, 0.3) is 4.83 Å². The Morgan fingerprint density at radius 1 is 1.50 bits per heavy atom. The third kappa shape index (κ3) is 0.971. The molecule has 2 aromatic rings. The molecule has 0 radical (unpaired) electrons. The highest BCUT2D eigenvalue weighted by atomic mass is 79.9. The van der Waals surface area contributed by atoms with Crippen molar-refractivity contribution in [3.63, 3.8) is 0 Å². The van der Waals surface area contributed by atoms with E-state index in [1.54, 1.807) is 6.07 Å². The van der Waals surface area contributed by atoms with Crippen molar-refractivity contribution in [1.82, 2.24) is 4.40 Å². The van der Waals surface area contributed by atoms with Crippen molar-refractivity contribution in [2.75, 3.05) is 5.73 Å². The maximum Gasteiger partial charge on any atom is 0.257 e. The molecule has 0 bridgehead atoms. The van der Waals surface area contributed by atoms with Crippen LogP contribution in [0.5, 0.6) is 0 Å². The van der Waals surface area contributed by atoms with Crippen molar-refractivity contribution < 1.29 is 0 Å². The summed E-state index contributed by atoms with van der Waals surface area (Å²) in [5.74, 6) is 0.473. The molecule has 0 atom stereocenters.